The normalized spacial score (nSPS) is 11.0. The molecule has 0 saturated heterocycles. The summed E-state index contributed by atoms with van der Waals surface area (Å²) in [6.45, 7) is 3.94. The van der Waals surface area contributed by atoms with Crippen LogP contribution in [-0.2, 0) is 4.79 Å². The zero-order chi connectivity index (χ0) is 19.6. The predicted molar refractivity (Wildman–Crippen MR) is 113 cm³/mol. The van der Waals surface area contributed by atoms with E-state index in [1.54, 1.807) is 36.4 Å². The van der Waals surface area contributed by atoms with E-state index >= 15 is 0 Å². The van der Waals surface area contributed by atoms with Crippen LogP contribution in [0.5, 0.6) is 5.75 Å². The van der Waals surface area contributed by atoms with Crippen molar-refractivity contribution < 1.29 is 14.3 Å². The molecule has 1 amide bonds. The van der Waals surface area contributed by atoms with Crippen molar-refractivity contribution in [1.82, 2.24) is 10.3 Å². The summed E-state index contributed by atoms with van der Waals surface area (Å²) in [5.41, 5.74) is 2.70. The minimum Gasteiger partial charge on any atom is -0.507 e. The van der Waals surface area contributed by atoms with Crippen molar-refractivity contribution in [3.63, 3.8) is 0 Å². The van der Waals surface area contributed by atoms with Crippen molar-refractivity contribution in [2.24, 2.45) is 5.92 Å². The number of nitrogens with one attached hydrogen (secondary N) is 2. The maximum absolute atomic E-state index is 11.8. The molecule has 8 heteroatoms. The van der Waals surface area contributed by atoms with E-state index < -0.39 is 0 Å². The number of nitrogens with zero attached hydrogens (tertiary/aromatic N) is 1. The number of carbonyl (C=O) groups is 1. The van der Waals surface area contributed by atoms with Crippen LogP contribution in [0.3, 0.4) is 0 Å². The Morgan fingerprint density at radius 1 is 1.30 bits per heavy atom. The van der Waals surface area contributed by atoms with E-state index in [9.17, 15) is 9.90 Å². The van der Waals surface area contributed by atoms with E-state index in [2.05, 4.69) is 31.5 Å². The van der Waals surface area contributed by atoms with Crippen LogP contribution in [0.2, 0.25) is 0 Å². The van der Waals surface area contributed by atoms with Gasteiger partial charge >= 0.3 is 0 Å². The van der Waals surface area contributed by atoms with Crippen molar-refractivity contribution in [2.75, 3.05) is 5.32 Å². The number of phenols is 1. The average Bonchev–Trinajstić information content (AvgIpc) is 2.99. The number of hydrogen-bond donors (Lipinski definition) is 3. The lowest BCUT2D eigenvalue weighted by Gasteiger charge is -2.10. The molecule has 0 aliphatic carbocycles. The molecule has 3 aromatic rings. The zero-order valence-electron chi connectivity index (χ0n) is 14.7. The van der Waals surface area contributed by atoms with Gasteiger partial charge in [0.15, 0.2) is 10.7 Å². The van der Waals surface area contributed by atoms with Gasteiger partial charge in [-0.25, -0.2) is 4.98 Å². The molecule has 140 valence electrons. The van der Waals surface area contributed by atoms with E-state index in [-0.39, 0.29) is 22.7 Å². The Bertz CT molecular complexity index is 1020. The van der Waals surface area contributed by atoms with Crippen molar-refractivity contribution in [3.05, 3.63) is 40.9 Å². The topological polar surface area (TPSA) is 87.4 Å². The zero-order valence-corrected chi connectivity index (χ0v) is 17.1. The summed E-state index contributed by atoms with van der Waals surface area (Å²) >= 11 is 8.46. The number of fused-ring (bicyclic) bond motifs is 1. The number of aromatic nitrogens is 1. The fraction of sp³-hybridized carbons (Fsp3) is 0.211. The molecule has 0 atom stereocenters. The third kappa shape index (κ3) is 4.84. The second-order valence-electron chi connectivity index (χ2n) is 6.47. The number of halogens is 1. The molecular formula is C19H18BrN3O3S. The highest BCUT2D eigenvalue weighted by Gasteiger charge is 2.12. The Balaban J connectivity index is 1.76. The molecule has 0 aliphatic heterocycles. The van der Waals surface area contributed by atoms with E-state index in [1.807, 2.05) is 13.8 Å². The summed E-state index contributed by atoms with van der Waals surface area (Å²) in [5, 5.41) is 15.5. The molecule has 3 N–H and O–H groups in total. The SMILES string of the molecule is CC(C)CC(=O)NC(=S)Nc1ccc2oc(-c3ccc(O)c(Br)c3)nc2c1. The van der Waals surface area contributed by atoms with Gasteiger partial charge in [0.2, 0.25) is 11.8 Å². The number of amides is 1. The summed E-state index contributed by atoms with van der Waals surface area (Å²) in [4.78, 5) is 16.3. The average molecular weight is 448 g/mol. The van der Waals surface area contributed by atoms with Gasteiger partial charge in [0.1, 0.15) is 11.3 Å². The monoisotopic (exact) mass is 447 g/mol. The van der Waals surface area contributed by atoms with Crippen LogP contribution in [0.25, 0.3) is 22.6 Å². The van der Waals surface area contributed by atoms with Crippen molar-refractivity contribution in [2.45, 2.75) is 20.3 Å². The van der Waals surface area contributed by atoms with Gasteiger partial charge in [0.25, 0.3) is 0 Å². The highest BCUT2D eigenvalue weighted by Crippen LogP contribution is 2.31. The molecule has 6 nitrogen and oxygen atoms in total. The third-order valence-corrected chi connectivity index (χ3v) is 4.53. The van der Waals surface area contributed by atoms with Crippen molar-refractivity contribution in [1.29, 1.82) is 0 Å². The van der Waals surface area contributed by atoms with E-state index in [0.29, 0.717) is 33.6 Å². The Labute approximate surface area is 170 Å². The van der Waals surface area contributed by atoms with Crippen LogP contribution in [0.4, 0.5) is 5.69 Å². The highest BCUT2D eigenvalue weighted by atomic mass is 79.9. The van der Waals surface area contributed by atoms with Crippen LogP contribution < -0.4 is 10.6 Å². The van der Waals surface area contributed by atoms with Gasteiger partial charge in [0, 0.05) is 17.7 Å². The lowest BCUT2D eigenvalue weighted by Crippen LogP contribution is -2.34. The number of hydrogen-bond acceptors (Lipinski definition) is 5. The first-order valence-corrected chi connectivity index (χ1v) is 9.52. The van der Waals surface area contributed by atoms with E-state index in [4.69, 9.17) is 16.6 Å². The molecule has 1 aromatic heterocycles. The highest BCUT2D eigenvalue weighted by molar-refractivity contribution is 9.10. The Morgan fingerprint density at radius 3 is 2.78 bits per heavy atom. The molecule has 3 rings (SSSR count). The molecule has 0 saturated carbocycles. The minimum absolute atomic E-state index is 0.120. The fourth-order valence-electron chi connectivity index (χ4n) is 2.48. The van der Waals surface area contributed by atoms with Crippen LogP contribution in [0.1, 0.15) is 20.3 Å². The number of anilines is 1. The summed E-state index contributed by atoms with van der Waals surface area (Å²) < 4.78 is 6.34. The number of rotatable bonds is 4. The molecule has 1 heterocycles. The lowest BCUT2D eigenvalue weighted by atomic mass is 10.1. The van der Waals surface area contributed by atoms with Crippen molar-refractivity contribution in [3.8, 4) is 17.2 Å². The van der Waals surface area contributed by atoms with Crippen LogP contribution in [0.15, 0.2) is 45.3 Å². The van der Waals surface area contributed by atoms with Gasteiger partial charge in [-0.05, 0) is 70.5 Å². The fourth-order valence-corrected chi connectivity index (χ4v) is 3.09. The summed E-state index contributed by atoms with van der Waals surface area (Å²) in [6.07, 6.45) is 0.412. The minimum atomic E-state index is -0.120. The molecule has 27 heavy (non-hydrogen) atoms. The summed E-state index contributed by atoms with van der Waals surface area (Å²) in [6, 6.07) is 10.4. The Hall–Kier alpha value is -2.45. The van der Waals surface area contributed by atoms with Crippen LogP contribution >= 0.6 is 28.1 Å². The first-order chi connectivity index (χ1) is 12.8. The maximum Gasteiger partial charge on any atom is 0.227 e. The Morgan fingerprint density at radius 2 is 2.07 bits per heavy atom. The van der Waals surface area contributed by atoms with Gasteiger partial charge in [0.05, 0.1) is 4.47 Å². The summed E-state index contributed by atoms with van der Waals surface area (Å²) in [5.74, 6) is 0.730. The Kier molecular flexibility index (Phi) is 5.76. The predicted octanol–water partition coefficient (Wildman–Crippen LogP) is 4.82. The molecule has 0 fully saturated rings. The smallest absolute Gasteiger partial charge is 0.227 e. The largest absolute Gasteiger partial charge is 0.507 e. The quantitative estimate of drug-likeness (QED) is 0.496. The van der Waals surface area contributed by atoms with Gasteiger partial charge in [-0.1, -0.05) is 13.8 Å². The second kappa shape index (κ2) is 8.06. The van der Waals surface area contributed by atoms with Crippen molar-refractivity contribution >= 4 is 56.0 Å². The number of oxazole rings is 1. The number of aromatic hydroxyl groups is 1. The van der Waals surface area contributed by atoms with Crippen LogP contribution in [0, 0.1) is 5.92 Å². The molecule has 2 aromatic carbocycles. The summed E-state index contributed by atoms with van der Waals surface area (Å²) in [7, 11) is 0. The maximum atomic E-state index is 11.8. The van der Waals surface area contributed by atoms with Gasteiger partial charge in [-0.15, -0.1) is 0 Å². The van der Waals surface area contributed by atoms with E-state index in [0.717, 1.165) is 5.56 Å². The second-order valence-corrected chi connectivity index (χ2v) is 7.73. The van der Waals surface area contributed by atoms with Gasteiger partial charge in [-0.3, -0.25) is 4.79 Å². The van der Waals surface area contributed by atoms with Gasteiger partial charge in [-0.2, -0.15) is 0 Å². The molecular weight excluding hydrogens is 430 g/mol. The first kappa shape index (κ1) is 19.3. The molecule has 0 unspecified atom stereocenters. The number of carbonyl (C=O) groups excluding carboxylic acids is 1. The molecule has 0 aliphatic rings. The number of phenolic OH excluding ortho intramolecular Hbond substituents is 1. The standard InChI is InChI=1S/C19H18BrN3O3S/c1-10(2)7-17(25)23-19(27)21-12-4-6-16-14(9-12)22-18(26-16)11-3-5-15(24)13(20)8-11/h3-6,8-10,24H,7H2,1-2H3,(H2,21,23,25,27). The molecule has 0 bridgehead atoms. The number of thiocarbonyl (C=S) groups is 1. The lowest BCUT2D eigenvalue weighted by molar-refractivity contribution is -0.120. The first-order valence-electron chi connectivity index (χ1n) is 8.32. The third-order valence-electron chi connectivity index (χ3n) is 3.69. The van der Waals surface area contributed by atoms with E-state index in [1.165, 1.54) is 0 Å². The number of benzene rings is 2. The van der Waals surface area contributed by atoms with Gasteiger partial charge < -0.3 is 20.2 Å². The van der Waals surface area contributed by atoms with Crippen LogP contribution in [-0.4, -0.2) is 21.1 Å². The molecule has 0 spiro atoms. The molecule has 0 radical (unpaired) electrons.